The number of carbonyl (C=O) groups excluding carboxylic acids is 1. The number of amides is 1. The van der Waals surface area contributed by atoms with Crippen LogP contribution in [0.4, 0.5) is 5.69 Å². The van der Waals surface area contributed by atoms with E-state index in [2.05, 4.69) is 27.7 Å². The molecule has 1 heterocycles. The summed E-state index contributed by atoms with van der Waals surface area (Å²) in [5.41, 5.74) is 3.58. The molecule has 2 aromatic carbocycles. The van der Waals surface area contributed by atoms with Crippen LogP contribution < -0.4 is 5.32 Å². The summed E-state index contributed by atoms with van der Waals surface area (Å²) in [7, 11) is 0. The van der Waals surface area contributed by atoms with Gasteiger partial charge in [-0.25, -0.2) is 0 Å². The first-order valence-corrected chi connectivity index (χ1v) is 7.15. The minimum absolute atomic E-state index is 0.270. The highest BCUT2D eigenvalue weighted by molar-refractivity contribution is 6.06. The zero-order valence-electron chi connectivity index (χ0n) is 12.2. The van der Waals surface area contributed by atoms with Gasteiger partial charge in [0.25, 0.3) is 5.91 Å². The summed E-state index contributed by atoms with van der Waals surface area (Å²) >= 11 is 0. The minimum atomic E-state index is -0.270. The Kier molecular flexibility index (Phi) is 3.96. The number of nitrogens with one attached hydrogen (secondary N) is 2. The maximum atomic E-state index is 12.5. The number of para-hydroxylation sites is 1. The number of hydrogen-bond donors (Lipinski definition) is 2. The van der Waals surface area contributed by atoms with Crippen LogP contribution in [0.1, 0.15) is 23.0 Å². The monoisotopic (exact) mass is 292 g/mol. The van der Waals surface area contributed by atoms with Gasteiger partial charge in [0.05, 0.1) is 0 Å². The van der Waals surface area contributed by atoms with Crippen molar-refractivity contribution in [2.45, 2.75) is 13.3 Å². The Morgan fingerprint density at radius 2 is 1.77 bits per heavy atom. The topological polar surface area (TPSA) is 70.7 Å². The zero-order chi connectivity index (χ0) is 15.4. The molecule has 0 spiro atoms. The summed E-state index contributed by atoms with van der Waals surface area (Å²) < 4.78 is 0. The van der Waals surface area contributed by atoms with Crippen molar-refractivity contribution in [3.63, 3.8) is 0 Å². The first-order valence-electron chi connectivity index (χ1n) is 7.15. The van der Waals surface area contributed by atoms with Crippen molar-refractivity contribution in [2.24, 2.45) is 0 Å². The largest absolute Gasteiger partial charge is 0.320 e. The Bertz CT molecular complexity index is 780. The molecule has 5 heteroatoms. The van der Waals surface area contributed by atoms with Gasteiger partial charge in [0.1, 0.15) is 5.69 Å². The number of rotatable bonds is 4. The quantitative estimate of drug-likeness (QED) is 0.775. The maximum Gasteiger partial charge on any atom is 0.278 e. The van der Waals surface area contributed by atoms with Gasteiger partial charge in [-0.05, 0) is 18.1 Å². The molecule has 0 aliphatic heterocycles. The number of benzene rings is 2. The molecule has 5 nitrogen and oxygen atoms in total. The molecule has 0 fully saturated rings. The highest BCUT2D eigenvalue weighted by atomic mass is 16.2. The van der Waals surface area contributed by atoms with Gasteiger partial charge in [-0.2, -0.15) is 15.4 Å². The summed E-state index contributed by atoms with van der Waals surface area (Å²) in [6, 6.07) is 17.3. The molecule has 0 unspecified atom stereocenters. The molecule has 1 aromatic heterocycles. The molecule has 0 atom stereocenters. The van der Waals surface area contributed by atoms with E-state index in [4.69, 9.17) is 0 Å². The summed E-state index contributed by atoms with van der Waals surface area (Å²) in [4.78, 5) is 12.5. The Labute approximate surface area is 128 Å². The van der Waals surface area contributed by atoms with Crippen LogP contribution in [0.5, 0.6) is 0 Å². The van der Waals surface area contributed by atoms with Crippen LogP contribution >= 0.6 is 0 Å². The molecule has 0 saturated carbocycles. The average Bonchev–Trinajstić information content (AvgIpc) is 3.06. The number of anilines is 1. The number of aryl methyl sites for hydroxylation is 1. The highest BCUT2D eigenvalue weighted by Crippen LogP contribution is 2.21. The SMILES string of the molecule is CCc1ccccc1NC(=O)c1n[nH]nc1-c1ccccc1. The van der Waals surface area contributed by atoms with Crippen LogP contribution in [0.25, 0.3) is 11.3 Å². The smallest absolute Gasteiger partial charge is 0.278 e. The lowest BCUT2D eigenvalue weighted by Crippen LogP contribution is -2.14. The fourth-order valence-electron chi connectivity index (χ4n) is 2.32. The van der Waals surface area contributed by atoms with Crippen molar-refractivity contribution in [2.75, 3.05) is 5.32 Å². The Morgan fingerprint density at radius 3 is 2.55 bits per heavy atom. The third-order valence-corrected chi connectivity index (χ3v) is 3.46. The first kappa shape index (κ1) is 14.0. The molecule has 0 aliphatic rings. The van der Waals surface area contributed by atoms with E-state index in [1.54, 1.807) is 0 Å². The van der Waals surface area contributed by atoms with Crippen molar-refractivity contribution in [3.05, 3.63) is 65.9 Å². The number of aromatic nitrogens is 3. The van der Waals surface area contributed by atoms with Crippen molar-refractivity contribution in [3.8, 4) is 11.3 Å². The van der Waals surface area contributed by atoms with Crippen LogP contribution in [-0.2, 0) is 6.42 Å². The van der Waals surface area contributed by atoms with E-state index < -0.39 is 0 Å². The number of carbonyl (C=O) groups is 1. The Hall–Kier alpha value is -2.95. The molecule has 0 radical (unpaired) electrons. The molecular formula is C17H16N4O. The number of nitrogens with zero attached hydrogens (tertiary/aromatic N) is 2. The molecule has 0 bridgehead atoms. The molecule has 1 amide bonds. The minimum Gasteiger partial charge on any atom is -0.320 e. The van der Waals surface area contributed by atoms with E-state index in [0.29, 0.717) is 5.69 Å². The van der Waals surface area contributed by atoms with Crippen molar-refractivity contribution < 1.29 is 4.79 Å². The van der Waals surface area contributed by atoms with E-state index >= 15 is 0 Å². The van der Waals surface area contributed by atoms with Gasteiger partial charge in [-0.3, -0.25) is 4.79 Å². The van der Waals surface area contributed by atoms with Gasteiger partial charge in [0.15, 0.2) is 5.69 Å². The Balaban J connectivity index is 1.90. The number of H-pyrrole nitrogens is 1. The van der Waals surface area contributed by atoms with E-state index in [-0.39, 0.29) is 11.6 Å². The lowest BCUT2D eigenvalue weighted by Gasteiger charge is -2.08. The standard InChI is InChI=1S/C17H16N4O/c1-2-12-8-6-7-11-14(12)18-17(22)16-15(19-21-20-16)13-9-4-3-5-10-13/h3-11H,2H2,1H3,(H,18,22)(H,19,20,21). The van der Waals surface area contributed by atoms with Gasteiger partial charge in [0.2, 0.25) is 0 Å². The Morgan fingerprint density at radius 1 is 1.05 bits per heavy atom. The van der Waals surface area contributed by atoms with E-state index in [0.717, 1.165) is 23.2 Å². The third-order valence-electron chi connectivity index (χ3n) is 3.46. The van der Waals surface area contributed by atoms with Crippen molar-refractivity contribution in [1.82, 2.24) is 15.4 Å². The van der Waals surface area contributed by atoms with Crippen LogP contribution in [0.15, 0.2) is 54.6 Å². The number of aromatic amines is 1. The van der Waals surface area contributed by atoms with Gasteiger partial charge in [-0.15, -0.1) is 0 Å². The van der Waals surface area contributed by atoms with E-state index in [1.807, 2.05) is 54.6 Å². The van der Waals surface area contributed by atoms with E-state index in [1.165, 1.54) is 0 Å². The summed E-state index contributed by atoms with van der Waals surface area (Å²) in [6.45, 7) is 2.05. The van der Waals surface area contributed by atoms with Crippen LogP contribution in [-0.4, -0.2) is 21.3 Å². The molecule has 0 saturated heterocycles. The van der Waals surface area contributed by atoms with Crippen LogP contribution in [0, 0.1) is 0 Å². The molecule has 110 valence electrons. The maximum absolute atomic E-state index is 12.5. The fraction of sp³-hybridized carbons (Fsp3) is 0.118. The summed E-state index contributed by atoms with van der Waals surface area (Å²) in [6.07, 6.45) is 0.848. The molecular weight excluding hydrogens is 276 g/mol. The summed E-state index contributed by atoms with van der Waals surface area (Å²) in [5, 5.41) is 13.5. The predicted octanol–water partition coefficient (Wildman–Crippen LogP) is 3.29. The van der Waals surface area contributed by atoms with Crippen molar-refractivity contribution >= 4 is 11.6 Å². The van der Waals surface area contributed by atoms with Crippen LogP contribution in [0.3, 0.4) is 0 Å². The second kappa shape index (κ2) is 6.22. The predicted molar refractivity (Wildman–Crippen MR) is 85.6 cm³/mol. The van der Waals surface area contributed by atoms with Gasteiger partial charge in [0, 0.05) is 11.3 Å². The van der Waals surface area contributed by atoms with Gasteiger partial charge < -0.3 is 5.32 Å². The zero-order valence-corrected chi connectivity index (χ0v) is 12.2. The molecule has 22 heavy (non-hydrogen) atoms. The lowest BCUT2D eigenvalue weighted by molar-refractivity contribution is 0.102. The number of hydrogen-bond acceptors (Lipinski definition) is 3. The molecule has 3 aromatic rings. The summed E-state index contributed by atoms with van der Waals surface area (Å²) in [5.74, 6) is -0.270. The molecule has 3 rings (SSSR count). The van der Waals surface area contributed by atoms with Crippen LogP contribution in [0.2, 0.25) is 0 Å². The highest BCUT2D eigenvalue weighted by Gasteiger charge is 2.18. The lowest BCUT2D eigenvalue weighted by atomic mass is 10.1. The third kappa shape index (κ3) is 2.74. The van der Waals surface area contributed by atoms with E-state index in [9.17, 15) is 4.79 Å². The molecule has 2 N–H and O–H groups in total. The first-order chi connectivity index (χ1) is 10.8. The molecule has 0 aliphatic carbocycles. The second-order valence-electron chi connectivity index (χ2n) is 4.85. The normalized spacial score (nSPS) is 10.4. The average molecular weight is 292 g/mol. The second-order valence-corrected chi connectivity index (χ2v) is 4.85. The van der Waals surface area contributed by atoms with Gasteiger partial charge >= 0.3 is 0 Å². The van der Waals surface area contributed by atoms with Crippen molar-refractivity contribution in [1.29, 1.82) is 0 Å². The van der Waals surface area contributed by atoms with Gasteiger partial charge in [-0.1, -0.05) is 55.5 Å². The fourth-order valence-corrected chi connectivity index (χ4v) is 2.32.